The van der Waals surface area contributed by atoms with Gasteiger partial charge in [-0.2, -0.15) is 13.2 Å². The molecule has 2 heterocycles. The van der Waals surface area contributed by atoms with E-state index in [4.69, 9.17) is 16.3 Å². The van der Waals surface area contributed by atoms with Gasteiger partial charge in [0, 0.05) is 48.1 Å². The van der Waals surface area contributed by atoms with E-state index in [1.54, 1.807) is 0 Å². The SMILES string of the molecule is OCCc1cc(-c2ccccc2Cl)ccc1N1CCC(Oc2ccc(C(F)(F)F)cn2)C1. The second-order valence-electron chi connectivity index (χ2n) is 7.65. The van der Waals surface area contributed by atoms with Crippen molar-refractivity contribution in [3.05, 3.63) is 76.9 Å². The minimum atomic E-state index is -4.42. The first-order valence-corrected chi connectivity index (χ1v) is 10.7. The Morgan fingerprint density at radius 3 is 2.62 bits per heavy atom. The molecule has 1 unspecified atom stereocenters. The molecular weight excluding hydrogens is 441 g/mol. The third kappa shape index (κ3) is 5.00. The largest absolute Gasteiger partial charge is 0.472 e. The van der Waals surface area contributed by atoms with Crippen molar-refractivity contribution in [2.24, 2.45) is 0 Å². The van der Waals surface area contributed by atoms with Crippen LogP contribution in [0.5, 0.6) is 5.88 Å². The number of anilines is 1. The fourth-order valence-electron chi connectivity index (χ4n) is 3.91. The van der Waals surface area contributed by atoms with Crippen LogP contribution in [0.2, 0.25) is 5.02 Å². The van der Waals surface area contributed by atoms with Crippen molar-refractivity contribution in [1.29, 1.82) is 0 Å². The molecule has 0 bridgehead atoms. The molecule has 0 saturated carbocycles. The highest BCUT2D eigenvalue weighted by Crippen LogP contribution is 2.34. The molecule has 1 saturated heterocycles. The van der Waals surface area contributed by atoms with Gasteiger partial charge in [0.05, 0.1) is 12.1 Å². The van der Waals surface area contributed by atoms with Gasteiger partial charge in [-0.25, -0.2) is 4.98 Å². The van der Waals surface area contributed by atoms with Crippen LogP contribution in [0.4, 0.5) is 18.9 Å². The quantitative estimate of drug-likeness (QED) is 0.517. The zero-order valence-electron chi connectivity index (χ0n) is 17.1. The minimum Gasteiger partial charge on any atom is -0.472 e. The van der Waals surface area contributed by atoms with Gasteiger partial charge >= 0.3 is 6.18 Å². The Morgan fingerprint density at radius 1 is 1.12 bits per heavy atom. The summed E-state index contributed by atoms with van der Waals surface area (Å²) >= 11 is 6.34. The molecule has 0 aliphatic carbocycles. The molecule has 1 fully saturated rings. The van der Waals surface area contributed by atoms with Gasteiger partial charge in [-0.15, -0.1) is 0 Å². The molecule has 0 amide bonds. The second kappa shape index (κ2) is 9.38. The van der Waals surface area contributed by atoms with Crippen molar-refractivity contribution in [3.63, 3.8) is 0 Å². The predicted octanol–water partition coefficient (Wildman–Crippen LogP) is 5.61. The molecule has 4 rings (SSSR count). The van der Waals surface area contributed by atoms with Gasteiger partial charge in [0.2, 0.25) is 5.88 Å². The van der Waals surface area contributed by atoms with Gasteiger partial charge in [-0.05, 0) is 41.8 Å². The van der Waals surface area contributed by atoms with Crippen molar-refractivity contribution < 1.29 is 23.0 Å². The van der Waals surface area contributed by atoms with Crippen LogP contribution in [0.15, 0.2) is 60.8 Å². The monoisotopic (exact) mass is 462 g/mol. The third-order valence-electron chi connectivity index (χ3n) is 5.48. The van der Waals surface area contributed by atoms with E-state index < -0.39 is 11.7 Å². The molecule has 1 N–H and O–H groups in total. The van der Waals surface area contributed by atoms with Crippen LogP contribution in [-0.2, 0) is 12.6 Å². The number of ether oxygens (including phenoxy) is 1. The summed E-state index contributed by atoms with van der Waals surface area (Å²) < 4.78 is 43.9. The van der Waals surface area contributed by atoms with Gasteiger partial charge < -0.3 is 14.7 Å². The first kappa shape index (κ1) is 22.4. The molecule has 4 nitrogen and oxygen atoms in total. The topological polar surface area (TPSA) is 45.6 Å². The van der Waals surface area contributed by atoms with Gasteiger partial charge in [0.1, 0.15) is 6.10 Å². The van der Waals surface area contributed by atoms with E-state index in [9.17, 15) is 18.3 Å². The van der Waals surface area contributed by atoms with Crippen LogP contribution in [0.3, 0.4) is 0 Å². The van der Waals surface area contributed by atoms with Gasteiger partial charge in [-0.1, -0.05) is 35.9 Å². The summed E-state index contributed by atoms with van der Waals surface area (Å²) in [6.45, 7) is 1.32. The molecule has 1 aromatic heterocycles. The van der Waals surface area contributed by atoms with Gasteiger partial charge in [0.15, 0.2) is 0 Å². The fraction of sp³-hybridized carbons (Fsp3) is 0.292. The van der Waals surface area contributed by atoms with Crippen molar-refractivity contribution >= 4 is 17.3 Å². The third-order valence-corrected chi connectivity index (χ3v) is 5.81. The van der Waals surface area contributed by atoms with Crippen molar-refractivity contribution in [2.75, 3.05) is 24.6 Å². The number of alkyl halides is 3. The predicted molar refractivity (Wildman–Crippen MR) is 118 cm³/mol. The van der Waals surface area contributed by atoms with E-state index in [2.05, 4.69) is 9.88 Å². The number of pyridine rings is 1. The summed E-state index contributed by atoms with van der Waals surface area (Å²) in [7, 11) is 0. The Bertz CT molecular complexity index is 1070. The number of aliphatic hydroxyl groups is 1. The Balaban J connectivity index is 1.49. The number of benzene rings is 2. The van der Waals surface area contributed by atoms with E-state index in [-0.39, 0.29) is 18.6 Å². The van der Waals surface area contributed by atoms with Gasteiger partial charge in [0.25, 0.3) is 0 Å². The number of nitrogens with zero attached hydrogens (tertiary/aromatic N) is 2. The zero-order valence-corrected chi connectivity index (χ0v) is 17.9. The van der Waals surface area contributed by atoms with Crippen molar-refractivity contribution in [1.82, 2.24) is 4.98 Å². The number of aliphatic hydroxyl groups excluding tert-OH is 1. The van der Waals surface area contributed by atoms with Crippen LogP contribution in [0.1, 0.15) is 17.5 Å². The first-order chi connectivity index (χ1) is 15.3. The van der Waals surface area contributed by atoms with Crippen LogP contribution < -0.4 is 9.64 Å². The maximum Gasteiger partial charge on any atom is 0.417 e. The van der Waals surface area contributed by atoms with E-state index in [1.807, 2.05) is 42.5 Å². The van der Waals surface area contributed by atoms with Crippen molar-refractivity contribution in [2.45, 2.75) is 25.1 Å². The number of hydrogen-bond acceptors (Lipinski definition) is 4. The summed E-state index contributed by atoms with van der Waals surface area (Å²) in [5, 5.41) is 10.2. The number of aromatic nitrogens is 1. The number of hydrogen-bond donors (Lipinski definition) is 1. The summed E-state index contributed by atoms with van der Waals surface area (Å²) in [6, 6.07) is 15.9. The van der Waals surface area contributed by atoms with E-state index >= 15 is 0 Å². The highest BCUT2D eigenvalue weighted by Gasteiger charge is 2.31. The van der Waals surface area contributed by atoms with E-state index in [0.717, 1.165) is 41.2 Å². The average Bonchev–Trinajstić information content (AvgIpc) is 3.22. The Kier molecular flexibility index (Phi) is 6.58. The summed E-state index contributed by atoms with van der Waals surface area (Å²) in [5.41, 5.74) is 3.10. The lowest BCUT2D eigenvalue weighted by atomic mass is 9.99. The number of rotatable bonds is 6. The smallest absolute Gasteiger partial charge is 0.417 e. The maximum absolute atomic E-state index is 12.7. The Morgan fingerprint density at radius 2 is 1.94 bits per heavy atom. The summed E-state index contributed by atoms with van der Waals surface area (Å²) in [4.78, 5) is 5.96. The lowest BCUT2D eigenvalue weighted by Crippen LogP contribution is -2.25. The maximum atomic E-state index is 12.7. The lowest BCUT2D eigenvalue weighted by Gasteiger charge is -2.23. The standard InChI is InChI=1S/C24H22ClF3N2O2/c25-21-4-2-1-3-20(21)16-5-7-22(17(13-16)10-12-31)30-11-9-19(15-30)32-23-8-6-18(14-29-23)24(26,27)28/h1-8,13-14,19,31H,9-12,15H2. The van der Waals surface area contributed by atoms with Crippen molar-refractivity contribution in [3.8, 4) is 17.0 Å². The molecule has 168 valence electrons. The molecule has 2 aromatic carbocycles. The molecule has 1 aliphatic rings. The first-order valence-electron chi connectivity index (χ1n) is 10.3. The Hall–Kier alpha value is -2.77. The van der Waals surface area contributed by atoms with E-state index in [1.165, 1.54) is 6.07 Å². The molecular formula is C24H22ClF3N2O2. The average molecular weight is 463 g/mol. The van der Waals surface area contributed by atoms with Crippen LogP contribution in [-0.4, -0.2) is 35.9 Å². The highest BCUT2D eigenvalue weighted by molar-refractivity contribution is 6.33. The molecule has 3 aromatic rings. The Labute approximate surface area is 189 Å². The second-order valence-corrected chi connectivity index (χ2v) is 8.06. The molecule has 8 heteroatoms. The summed E-state index contributed by atoms with van der Waals surface area (Å²) in [6.07, 6.45) is -2.61. The fourth-order valence-corrected chi connectivity index (χ4v) is 4.15. The normalized spacial score (nSPS) is 16.4. The molecule has 32 heavy (non-hydrogen) atoms. The van der Waals surface area contributed by atoms with Crippen LogP contribution in [0.25, 0.3) is 11.1 Å². The molecule has 0 radical (unpaired) electrons. The minimum absolute atomic E-state index is 0.0161. The van der Waals surface area contributed by atoms with Crippen LogP contribution in [0, 0.1) is 0 Å². The number of halogens is 4. The zero-order chi connectivity index (χ0) is 22.7. The lowest BCUT2D eigenvalue weighted by molar-refractivity contribution is -0.137. The van der Waals surface area contributed by atoms with Crippen LogP contribution >= 0.6 is 11.6 Å². The summed E-state index contributed by atoms with van der Waals surface area (Å²) in [5.74, 6) is 0.175. The van der Waals surface area contributed by atoms with E-state index in [0.29, 0.717) is 24.4 Å². The molecule has 1 aliphatic heterocycles. The molecule has 0 spiro atoms. The molecule has 1 atom stereocenters. The van der Waals surface area contributed by atoms with Gasteiger partial charge in [-0.3, -0.25) is 0 Å². The highest BCUT2D eigenvalue weighted by atomic mass is 35.5.